The highest BCUT2D eigenvalue weighted by Gasteiger charge is 2.43. The second-order valence-corrected chi connectivity index (χ2v) is 6.66. The van der Waals surface area contributed by atoms with E-state index in [0.717, 1.165) is 19.3 Å². The van der Waals surface area contributed by atoms with Crippen molar-refractivity contribution in [2.24, 2.45) is 17.6 Å². The van der Waals surface area contributed by atoms with Crippen LogP contribution in [0, 0.1) is 11.8 Å². The van der Waals surface area contributed by atoms with Gasteiger partial charge in [0.15, 0.2) is 0 Å². The Morgan fingerprint density at radius 3 is 2.67 bits per heavy atom. The Morgan fingerprint density at radius 2 is 1.95 bits per heavy atom. The highest BCUT2D eigenvalue weighted by molar-refractivity contribution is 5.39. The molecule has 1 fully saturated rings. The SMILES string of the molecule is NC(CC1Cc2ccccc21)C1CCCC(C(F)(F)F)C1. The number of benzene rings is 1. The van der Waals surface area contributed by atoms with Crippen molar-refractivity contribution in [3.05, 3.63) is 35.4 Å². The average molecular weight is 297 g/mol. The van der Waals surface area contributed by atoms with Crippen molar-refractivity contribution in [1.29, 1.82) is 0 Å². The predicted molar refractivity (Wildman–Crippen MR) is 77.0 cm³/mol. The van der Waals surface area contributed by atoms with Crippen molar-refractivity contribution in [3.63, 3.8) is 0 Å². The maximum absolute atomic E-state index is 12.9. The van der Waals surface area contributed by atoms with E-state index in [1.807, 2.05) is 12.1 Å². The highest BCUT2D eigenvalue weighted by Crippen LogP contribution is 2.43. The second-order valence-electron chi connectivity index (χ2n) is 6.66. The van der Waals surface area contributed by atoms with Gasteiger partial charge in [-0.2, -0.15) is 13.2 Å². The van der Waals surface area contributed by atoms with Gasteiger partial charge in [-0.1, -0.05) is 30.7 Å². The zero-order chi connectivity index (χ0) is 15.0. The minimum Gasteiger partial charge on any atom is -0.327 e. The molecule has 3 rings (SSSR count). The molecule has 0 aromatic heterocycles. The number of rotatable bonds is 3. The molecule has 0 saturated heterocycles. The van der Waals surface area contributed by atoms with E-state index >= 15 is 0 Å². The third kappa shape index (κ3) is 3.10. The van der Waals surface area contributed by atoms with Crippen molar-refractivity contribution in [2.45, 2.75) is 56.7 Å². The van der Waals surface area contributed by atoms with Gasteiger partial charge in [-0.05, 0) is 55.1 Å². The van der Waals surface area contributed by atoms with E-state index in [2.05, 4.69) is 12.1 Å². The molecule has 0 amide bonds. The van der Waals surface area contributed by atoms with Gasteiger partial charge >= 0.3 is 6.18 Å². The average Bonchev–Trinajstić information content (AvgIpc) is 2.44. The standard InChI is InChI=1S/C17H22F3N/c18-17(19,20)14-6-3-5-12(9-14)16(21)10-13-8-11-4-1-2-7-15(11)13/h1-2,4,7,12-14,16H,3,5-6,8-10,21H2. The molecule has 0 aliphatic heterocycles. The van der Waals surface area contributed by atoms with Gasteiger partial charge in [0.25, 0.3) is 0 Å². The van der Waals surface area contributed by atoms with Crippen LogP contribution in [0.5, 0.6) is 0 Å². The van der Waals surface area contributed by atoms with Crippen molar-refractivity contribution >= 4 is 0 Å². The summed E-state index contributed by atoms with van der Waals surface area (Å²) in [5, 5.41) is 0. The molecule has 1 nitrogen and oxygen atoms in total. The molecular formula is C17H22F3N. The number of hydrogen-bond acceptors (Lipinski definition) is 1. The van der Waals surface area contributed by atoms with Gasteiger partial charge < -0.3 is 5.73 Å². The summed E-state index contributed by atoms with van der Waals surface area (Å²) >= 11 is 0. The number of fused-ring (bicyclic) bond motifs is 1. The lowest BCUT2D eigenvalue weighted by atomic mass is 9.70. The van der Waals surface area contributed by atoms with E-state index in [4.69, 9.17) is 5.73 Å². The Labute approximate surface area is 123 Å². The van der Waals surface area contributed by atoms with Crippen LogP contribution in [0.4, 0.5) is 13.2 Å². The molecule has 1 aromatic rings. The summed E-state index contributed by atoms with van der Waals surface area (Å²) in [5.41, 5.74) is 8.96. The zero-order valence-corrected chi connectivity index (χ0v) is 12.1. The Balaban J connectivity index is 1.58. The van der Waals surface area contributed by atoms with Crippen LogP contribution in [-0.2, 0) is 6.42 Å². The highest BCUT2D eigenvalue weighted by atomic mass is 19.4. The topological polar surface area (TPSA) is 26.0 Å². The summed E-state index contributed by atoms with van der Waals surface area (Å²) < 4.78 is 38.6. The van der Waals surface area contributed by atoms with E-state index in [9.17, 15) is 13.2 Å². The van der Waals surface area contributed by atoms with Crippen LogP contribution in [-0.4, -0.2) is 12.2 Å². The molecule has 0 radical (unpaired) electrons. The lowest BCUT2D eigenvalue weighted by Gasteiger charge is -2.37. The van der Waals surface area contributed by atoms with Crippen molar-refractivity contribution in [2.75, 3.05) is 0 Å². The van der Waals surface area contributed by atoms with Crippen LogP contribution in [0.15, 0.2) is 24.3 Å². The van der Waals surface area contributed by atoms with E-state index in [-0.39, 0.29) is 24.8 Å². The van der Waals surface area contributed by atoms with E-state index < -0.39 is 12.1 Å². The Bertz CT molecular complexity index is 497. The monoisotopic (exact) mass is 297 g/mol. The van der Waals surface area contributed by atoms with Crippen molar-refractivity contribution in [3.8, 4) is 0 Å². The summed E-state index contributed by atoms with van der Waals surface area (Å²) in [4.78, 5) is 0. The van der Waals surface area contributed by atoms with Crippen LogP contribution in [0.3, 0.4) is 0 Å². The largest absolute Gasteiger partial charge is 0.391 e. The molecular weight excluding hydrogens is 275 g/mol. The summed E-state index contributed by atoms with van der Waals surface area (Å²) in [7, 11) is 0. The first-order valence-electron chi connectivity index (χ1n) is 7.85. The first kappa shape index (κ1) is 14.9. The molecule has 0 bridgehead atoms. The van der Waals surface area contributed by atoms with Crippen LogP contribution in [0.25, 0.3) is 0 Å². The van der Waals surface area contributed by atoms with E-state index in [1.54, 1.807) is 0 Å². The van der Waals surface area contributed by atoms with Gasteiger partial charge in [-0.15, -0.1) is 0 Å². The number of halogens is 3. The van der Waals surface area contributed by atoms with Gasteiger partial charge in [0.1, 0.15) is 0 Å². The van der Waals surface area contributed by atoms with Gasteiger partial charge in [-0.25, -0.2) is 0 Å². The van der Waals surface area contributed by atoms with Gasteiger partial charge in [0.2, 0.25) is 0 Å². The Kier molecular flexibility index (Phi) is 4.00. The molecule has 4 unspecified atom stereocenters. The molecule has 0 heterocycles. The van der Waals surface area contributed by atoms with Crippen LogP contribution in [0.1, 0.15) is 49.1 Å². The Hall–Kier alpha value is -1.03. The Morgan fingerprint density at radius 1 is 1.19 bits per heavy atom. The van der Waals surface area contributed by atoms with Crippen LogP contribution in [0.2, 0.25) is 0 Å². The minimum atomic E-state index is -4.05. The molecule has 1 saturated carbocycles. The molecule has 2 aliphatic carbocycles. The van der Waals surface area contributed by atoms with Crippen molar-refractivity contribution in [1.82, 2.24) is 0 Å². The van der Waals surface area contributed by atoms with Crippen LogP contribution < -0.4 is 5.73 Å². The van der Waals surface area contributed by atoms with Crippen molar-refractivity contribution < 1.29 is 13.2 Å². The quantitative estimate of drug-likeness (QED) is 0.878. The molecule has 2 N–H and O–H groups in total. The third-order valence-electron chi connectivity index (χ3n) is 5.30. The first-order chi connectivity index (χ1) is 9.95. The minimum absolute atomic E-state index is 0.0261. The zero-order valence-electron chi connectivity index (χ0n) is 12.1. The molecule has 4 atom stereocenters. The number of alkyl halides is 3. The molecule has 116 valence electrons. The van der Waals surface area contributed by atoms with Gasteiger partial charge in [0.05, 0.1) is 5.92 Å². The fraction of sp³-hybridized carbons (Fsp3) is 0.647. The van der Waals surface area contributed by atoms with Crippen LogP contribution >= 0.6 is 0 Å². The summed E-state index contributed by atoms with van der Waals surface area (Å²) in [6.45, 7) is 0. The first-order valence-corrected chi connectivity index (χ1v) is 7.85. The molecule has 1 aromatic carbocycles. The van der Waals surface area contributed by atoms with E-state index in [0.29, 0.717) is 12.3 Å². The fourth-order valence-corrected chi connectivity index (χ4v) is 4.01. The van der Waals surface area contributed by atoms with Gasteiger partial charge in [-0.3, -0.25) is 0 Å². The summed E-state index contributed by atoms with van der Waals surface area (Å²) in [6, 6.07) is 8.20. The lowest BCUT2D eigenvalue weighted by Crippen LogP contribution is -2.39. The van der Waals surface area contributed by atoms with E-state index in [1.165, 1.54) is 11.1 Å². The number of hydrogen-bond donors (Lipinski definition) is 1. The maximum atomic E-state index is 12.9. The lowest BCUT2D eigenvalue weighted by molar-refractivity contribution is -0.186. The normalized spacial score (nSPS) is 30.4. The van der Waals surface area contributed by atoms with Gasteiger partial charge in [0, 0.05) is 6.04 Å². The molecule has 21 heavy (non-hydrogen) atoms. The summed E-state index contributed by atoms with van der Waals surface area (Å²) in [5.74, 6) is -0.670. The second kappa shape index (κ2) is 5.64. The number of nitrogens with two attached hydrogens (primary N) is 1. The predicted octanol–water partition coefficient (Wildman–Crippen LogP) is 4.41. The molecule has 4 heteroatoms. The fourth-order valence-electron chi connectivity index (χ4n) is 4.01. The molecule has 2 aliphatic rings. The molecule has 0 spiro atoms. The smallest absolute Gasteiger partial charge is 0.327 e. The third-order valence-corrected chi connectivity index (χ3v) is 5.30. The summed E-state index contributed by atoms with van der Waals surface area (Å²) in [6.07, 6.45) is -0.197. The maximum Gasteiger partial charge on any atom is 0.391 e.